The zero-order chi connectivity index (χ0) is 34.0. The van der Waals surface area contributed by atoms with Gasteiger partial charge < -0.3 is 30.6 Å². The molecule has 49 heavy (non-hydrogen) atoms. The molecule has 1 spiro atoms. The second kappa shape index (κ2) is 14.6. The maximum Gasteiger partial charge on any atom is 0.252 e. The first-order valence-electron chi connectivity index (χ1n) is 17.3. The number of benzene rings is 2. The monoisotopic (exact) mass is 698 g/mol. The topological polar surface area (TPSA) is 115 Å². The summed E-state index contributed by atoms with van der Waals surface area (Å²) < 4.78 is 7.98. The van der Waals surface area contributed by atoms with Crippen LogP contribution in [0, 0.1) is 11.3 Å². The third-order valence-corrected chi connectivity index (χ3v) is 11.4. The van der Waals surface area contributed by atoms with Crippen LogP contribution in [0.25, 0.3) is 22.0 Å². The number of halogens is 1. The summed E-state index contributed by atoms with van der Waals surface area (Å²) in [6, 6.07) is 16.0. The van der Waals surface area contributed by atoms with Crippen molar-refractivity contribution in [2.45, 2.75) is 51.1 Å². The van der Waals surface area contributed by atoms with E-state index >= 15 is 0 Å². The molecule has 4 heterocycles. The van der Waals surface area contributed by atoms with Gasteiger partial charge in [0.15, 0.2) is 0 Å². The number of carbonyl (C=O) groups excluding carboxylic acids is 2. The van der Waals surface area contributed by atoms with E-state index in [0.29, 0.717) is 28.7 Å². The molecule has 11 heteroatoms. The molecular formula is C38H43ClN6O3S. The Kier molecular flexibility index (Phi) is 10.0. The van der Waals surface area contributed by atoms with E-state index < -0.39 is 0 Å². The highest BCUT2D eigenvalue weighted by Crippen LogP contribution is 2.52. The number of fused-ring (bicyclic) bond motifs is 1. The van der Waals surface area contributed by atoms with Crippen molar-refractivity contribution in [1.82, 2.24) is 25.1 Å². The number of rotatable bonds is 10. The van der Waals surface area contributed by atoms with Crippen molar-refractivity contribution in [2.75, 3.05) is 39.4 Å². The van der Waals surface area contributed by atoms with Crippen molar-refractivity contribution in [2.24, 2.45) is 17.1 Å². The van der Waals surface area contributed by atoms with Crippen molar-refractivity contribution in [1.29, 1.82) is 0 Å². The van der Waals surface area contributed by atoms with Crippen LogP contribution in [0.5, 0.6) is 0 Å². The lowest BCUT2D eigenvalue weighted by Gasteiger charge is -2.51. The van der Waals surface area contributed by atoms with Gasteiger partial charge in [0, 0.05) is 79.9 Å². The van der Waals surface area contributed by atoms with E-state index in [4.69, 9.17) is 34.3 Å². The van der Waals surface area contributed by atoms with Gasteiger partial charge in [0.2, 0.25) is 5.91 Å². The highest BCUT2D eigenvalue weighted by molar-refractivity contribution is 7.80. The molecule has 4 N–H and O–H groups in total. The number of likely N-dealkylation sites (tertiary alicyclic amines) is 1. The lowest BCUT2D eigenvalue weighted by Crippen LogP contribution is -2.51. The fraction of sp³-hybridized carbons (Fsp3) is 0.421. The summed E-state index contributed by atoms with van der Waals surface area (Å²) in [6.07, 6.45) is 11.3. The van der Waals surface area contributed by atoms with Gasteiger partial charge in [-0.3, -0.25) is 14.6 Å². The summed E-state index contributed by atoms with van der Waals surface area (Å²) >= 11 is 12.5. The minimum atomic E-state index is -0.0900. The van der Waals surface area contributed by atoms with E-state index in [1.807, 2.05) is 24.3 Å². The average Bonchev–Trinajstić information content (AvgIpc) is 3.52. The molecule has 2 saturated heterocycles. The molecule has 0 unspecified atom stereocenters. The van der Waals surface area contributed by atoms with Gasteiger partial charge in [0.05, 0.1) is 16.1 Å². The molecule has 2 aliphatic heterocycles. The lowest BCUT2D eigenvalue weighted by atomic mass is 9.57. The Morgan fingerprint density at radius 1 is 1.04 bits per heavy atom. The second-order valence-electron chi connectivity index (χ2n) is 13.8. The van der Waals surface area contributed by atoms with Gasteiger partial charge in [-0.05, 0) is 86.4 Å². The van der Waals surface area contributed by atoms with E-state index in [0.717, 1.165) is 105 Å². The minimum absolute atomic E-state index is 0.0337. The molecule has 1 saturated carbocycles. The summed E-state index contributed by atoms with van der Waals surface area (Å²) in [5.74, 6) is 0.0525. The number of amides is 2. The number of nitrogens with two attached hydrogens (primary N) is 1. The first-order valence-corrected chi connectivity index (χ1v) is 18.1. The molecule has 0 atom stereocenters. The summed E-state index contributed by atoms with van der Waals surface area (Å²) in [4.78, 5) is 32.4. The van der Waals surface area contributed by atoms with Gasteiger partial charge in [-0.25, -0.2) is 0 Å². The van der Waals surface area contributed by atoms with Crippen LogP contribution in [0.3, 0.4) is 0 Å². The number of hydrogen-bond donors (Lipinski definition) is 3. The van der Waals surface area contributed by atoms with E-state index in [1.54, 1.807) is 24.5 Å². The number of pyridine rings is 1. The van der Waals surface area contributed by atoms with Crippen LogP contribution in [0.1, 0.15) is 66.1 Å². The van der Waals surface area contributed by atoms with Gasteiger partial charge in [-0.1, -0.05) is 54.2 Å². The predicted molar refractivity (Wildman–Crippen MR) is 197 cm³/mol. The Hall–Kier alpha value is -3.83. The summed E-state index contributed by atoms with van der Waals surface area (Å²) in [5, 5.41) is 7.95. The quantitative estimate of drug-likeness (QED) is 0.177. The maximum absolute atomic E-state index is 13.3. The molecule has 2 amide bonds. The average molecular weight is 699 g/mol. The first-order chi connectivity index (χ1) is 23.8. The third kappa shape index (κ3) is 7.24. The van der Waals surface area contributed by atoms with Crippen molar-refractivity contribution in [3.05, 3.63) is 88.8 Å². The molecule has 1 aliphatic carbocycles. The molecule has 0 radical (unpaired) electrons. The Balaban J connectivity index is 0.960. The third-order valence-electron chi connectivity index (χ3n) is 10.8. The normalized spacial score (nSPS) is 18.3. The van der Waals surface area contributed by atoms with Crippen LogP contribution in [-0.4, -0.2) is 70.6 Å². The molecule has 7 rings (SSSR count). The minimum Gasteiger partial charge on any atom is -0.389 e. The standard InChI is InChI=1S/C38H43ClN6O3S/c39-33-27(6-7-31-32(25-3-1-4-26(19-25)35(40)49)24-45(34(31)33)30-8-17-48-18-9-30)23-43-37(47)29-20-38(21-29)10-14-44(15-11-38)16-13-42-36(46)28-5-2-12-41-22-28/h1-7,12,19,22,24,29-30H,8-11,13-18,20-21,23H2,(H2,40,49)(H,42,46)(H,43,47). The molecule has 3 aliphatic rings. The van der Waals surface area contributed by atoms with Crippen LogP contribution in [0.4, 0.5) is 0 Å². The Labute approximate surface area is 297 Å². The van der Waals surface area contributed by atoms with Crippen molar-refractivity contribution >= 4 is 51.5 Å². The fourth-order valence-electron chi connectivity index (χ4n) is 7.89. The Morgan fingerprint density at radius 3 is 2.55 bits per heavy atom. The van der Waals surface area contributed by atoms with E-state index in [1.165, 1.54) is 0 Å². The molecule has 9 nitrogen and oxygen atoms in total. The van der Waals surface area contributed by atoms with Crippen LogP contribution in [-0.2, 0) is 16.1 Å². The first kappa shape index (κ1) is 33.7. The molecule has 2 aromatic carbocycles. The summed E-state index contributed by atoms with van der Waals surface area (Å²) in [6.45, 7) is 5.24. The SMILES string of the molecule is NC(=S)c1cccc(-c2cn(C3CCOCC3)c3c(Cl)c(CNC(=O)C4CC5(CCN(CCNC(=O)c6cccnc6)CC5)C4)ccc23)c1. The zero-order valence-electron chi connectivity index (χ0n) is 27.6. The van der Waals surface area contributed by atoms with Crippen molar-refractivity contribution in [3.63, 3.8) is 0 Å². The number of hydrogen-bond acceptors (Lipinski definition) is 6. The van der Waals surface area contributed by atoms with Crippen molar-refractivity contribution < 1.29 is 14.3 Å². The van der Waals surface area contributed by atoms with E-state index in [2.05, 4.69) is 43.4 Å². The summed E-state index contributed by atoms with van der Waals surface area (Å²) in [7, 11) is 0. The molecule has 0 bridgehead atoms. The Morgan fingerprint density at radius 2 is 1.82 bits per heavy atom. The van der Waals surface area contributed by atoms with Gasteiger partial charge in [0.1, 0.15) is 4.99 Å². The largest absolute Gasteiger partial charge is 0.389 e. The summed E-state index contributed by atoms with van der Waals surface area (Å²) in [5.41, 5.74) is 11.6. The van der Waals surface area contributed by atoms with Crippen molar-refractivity contribution in [3.8, 4) is 11.1 Å². The number of aromatic nitrogens is 2. The molecule has 3 fully saturated rings. The fourth-order valence-corrected chi connectivity index (χ4v) is 8.35. The van der Waals surface area contributed by atoms with Crippen LogP contribution >= 0.6 is 23.8 Å². The van der Waals surface area contributed by atoms with Gasteiger partial charge in [-0.15, -0.1) is 0 Å². The zero-order valence-corrected chi connectivity index (χ0v) is 29.2. The molecule has 256 valence electrons. The van der Waals surface area contributed by atoms with Gasteiger partial charge in [-0.2, -0.15) is 0 Å². The smallest absolute Gasteiger partial charge is 0.252 e. The maximum atomic E-state index is 13.3. The van der Waals surface area contributed by atoms with Crippen LogP contribution in [0.2, 0.25) is 5.02 Å². The molecule has 4 aromatic rings. The van der Waals surface area contributed by atoms with Crippen LogP contribution in [0.15, 0.2) is 67.1 Å². The number of thiocarbonyl (C=S) groups is 1. The lowest BCUT2D eigenvalue weighted by molar-refractivity contribution is -0.135. The number of nitrogens with one attached hydrogen (secondary N) is 2. The number of ether oxygens (including phenoxy) is 1. The number of nitrogens with zero attached hydrogens (tertiary/aromatic N) is 3. The molecular weight excluding hydrogens is 656 g/mol. The predicted octanol–water partition coefficient (Wildman–Crippen LogP) is 5.88. The van der Waals surface area contributed by atoms with Gasteiger partial charge in [0.25, 0.3) is 5.91 Å². The van der Waals surface area contributed by atoms with Gasteiger partial charge >= 0.3 is 0 Å². The van der Waals surface area contributed by atoms with E-state index in [9.17, 15) is 9.59 Å². The highest BCUT2D eigenvalue weighted by atomic mass is 35.5. The Bertz CT molecular complexity index is 1840. The number of carbonyl (C=O) groups is 2. The van der Waals surface area contributed by atoms with Crippen LogP contribution < -0.4 is 16.4 Å². The van der Waals surface area contributed by atoms with E-state index in [-0.39, 0.29) is 29.2 Å². The highest BCUT2D eigenvalue weighted by Gasteiger charge is 2.48. The second-order valence-corrected chi connectivity index (χ2v) is 14.7. The number of piperidine rings is 1. The molecule has 2 aromatic heterocycles.